The molecule has 1 atom stereocenters. The number of carbonyl (C=O) groups is 1. The summed E-state index contributed by atoms with van der Waals surface area (Å²) in [4.78, 5) is 12.3. The molecule has 3 rings (SSSR count). The Morgan fingerprint density at radius 1 is 1.42 bits per heavy atom. The van der Waals surface area contributed by atoms with Gasteiger partial charge in [-0.3, -0.25) is 9.48 Å². The van der Waals surface area contributed by atoms with Gasteiger partial charge in [-0.05, 0) is 24.1 Å². The van der Waals surface area contributed by atoms with Gasteiger partial charge in [0.1, 0.15) is 11.5 Å². The molecule has 1 aliphatic rings. The number of carbonyl (C=O) groups excluding carboxylic acids is 1. The van der Waals surface area contributed by atoms with Crippen molar-refractivity contribution in [2.75, 3.05) is 6.61 Å². The van der Waals surface area contributed by atoms with Crippen molar-refractivity contribution in [3.63, 3.8) is 0 Å². The Kier molecular flexibility index (Phi) is 3.07. The van der Waals surface area contributed by atoms with Gasteiger partial charge in [0.15, 0.2) is 0 Å². The summed E-state index contributed by atoms with van der Waals surface area (Å²) in [5.74, 6) is 1.05. The predicted molar refractivity (Wildman–Crippen MR) is 71.1 cm³/mol. The molecule has 0 amide bonds. The summed E-state index contributed by atoms with van der Waals surface area (Å²) in [5.41, 5.74) is 1.94. The van der Waals surface area contributed by atoms with Gasteiger partial charge >= 0.3 is 0 Å². The second-order valence-electron chi connectivity index (χ2n) is 4.94. The van der Waals surface area contributed by atoms with Crippen LogP contribution in [0, 0.1) is 5.92 Å². The number of rotatable bonds is 3. The molecule has 4 heteroatoms. The zero-order valence-corrected chi connectivity index (χ0v) is 10.9. The van der Waals surface area contributed by atoms with E-state index in [2.05, 4.69) is 5.10 Å². The number of ketones is 1. The number of Topliss-reactive ketones (excluding diaryl/α,β-unsaturated/α-hetero) is 1. The number of fused-ring (bicyclic) bond motifs is 1. The fraction of sp³-hybridized carbons (Fsp3) is 0.333. The van der Waals surface area contributed by atoms with Crippen LogP contribution in [0.1, 0.15) is 11.3 Å². The van der Waals surface area contributed by atoms with E-state index in [4.69, 9.17) is 4.74 Å². The molecule has 0 radical (unpaired) electrons. The summed E-state index contributed by atoms with van der Waals surface area (Å²) in [5, 5.41) is 4.24. The maximum Gasteiger partial charge on any atom is 0.145 e. The van der Waals surface area contributed by atoms with E-state index in [1.54, 1.807) is 4.68 Å². The number of hydrogen-bond acceptors (Lipinski definition) is 3. The maximum atomic E-state index is 12.3. The van der Waals surface area contributed by atoms with Crippen molar-refractivity contribution in [2.45, 2.75) is 12.8 Å². The second kappa shape index (κ2) is 4.88. The van der Waals surface area contributed by atoms with Gasteiger partial charge < -0.3 is 4.74 Å². The zero-order valence-electron chi connectivity index (χ0n) is 10.9. The molecule has 0 fully saturated rings. The molecule has 0 spiro atoms. The first-order chi connectivity index (χ1) is 9.22. The number of ether oxygens (including phenoxy) is 1. The smallest absolute Gasteiger partial charge is 0.145 e. The summed E-state index contributed by atoms with van der Waals surface area (Å²) in [6.45, 7) is 0.475. The summed E-state index contributed by atoms with van der Waals surface area (Å²) in [7, 11) is 1.86. The van der Waals surface area contributed by atoms with E-state index in [-0.39, 0.29) is 11.7 Å². The quantitative estimate of drug-likeness (QED) is 0.841. The second-order valence-corrected chi connectivity index (χ2v) is 4.94. The van der Waals surface area contributed by atoms with Crippen molar-refractivity contribution in [3.8, 4) is 5.75 Å². The van der Waals surface area contributed by atoms with E-state index in [9.17, 15) is 4.79 Å². The molecular formula is C15H16N2O2. The molecule has 1 aliphatic heterocycles. The van der Waals surface area contributed by atoms with Gasteiger partial charge in [-0.15, -0.1) is 0 Å². The van der Waals surface area contributed by atoms with Gasteiger partial charge in [-0.2, -0.15) is 5.10 Å². The maximum absolute atomic E-state index is 12.3. The van der Waals surface area contributed by atoms with Gasteiger partial charge in [0.2, 0.25) is 0 Å². The van der Waals surface area contributed by atoms with Crippen molar-refractivity contribution in [3.05, 3.63) is 47.8 Å². The van der Waals surface area contributed by atoms with Gasteiger partial charge in [0.05, 0.1) is 24.6 Å². The van der Waals surface area contributed by atoms with Crippen LogP contribution >= 0.6 is 0 Å². The summed E-state index contributed by atoms with van der Waals surface area (Å²) in [6.07, 6.45) is 3.01. The first-order valence-corrected chi connectivity index (χ1v) is 6.44. The van der Waals surface area contributed by atoms with Gasteiger partial charge in [-0.1, -0.05) is 18.2 Å². The van der Waals surface area contributed by atoms with E-state index in [0.717, 1.165) is 23.4 Å². The highest BCUT2D eigenvalue weighted by molar-refractivity contribution is 5.83. The third-order valence-corrected chi connectivity index (χ3v) is 3.46. The van der Waals surface area contributed by atoms with Crippen LogP contribution in [0.2, 0.25) is 0 Å². The monoisotopic (exact) mass is 256 g/mol. The molecule has 0 saturated heterocycles. The molecule has 0 bridgehead atoms. The van der Waals surface area contributed by atoms with Crippen LogP contribution in [0.25, 0.3) is 0 Å². The average Bonchev–Trinajstić information content (AvgIpc) is 2.83. The molecule has 1 aromatic heterocycles. The molecule has 19 heavy (non-hydrogen) atoms. The van der Waals surface area contributed by atoms with Crippen molar-refractivity contribution in [1.29, 1.82) is 0 Å². The van der Waals surface area contributed by atoms with Crippen LogP contribution < -0.4 is 4.74 Å². The average molecular weight is 256 g/mol. The van der Waals surface area contributed by atoms with E-state index < -0.39 is 0 Å². The number of nitrogens with zero attached hydrogens (tertiary/aromatic N) is 2. The third kappa shape index (κ3) is 2.52. The van der Waals surface area contributed by atoms with Crippen LogP contribution in [0.4, 0.5) is 0 Å². The molecule has 2 aromatic rings. The molecule has 1 aromatic carbocycles. The Hall–Kier alpha value is -2.10. The van der Waals surface area contributed by atoms with Gasteiger partial charge in [-0.25, -0.2) is 0 Å². The van der Waals surface area contributed by atoms with E-state index in [1.165, 1.54) is 0 Å². The molecular weight excluding hydrogens is 240 g/mol. The van der Waals surface area contributed by atoms with Crippen LogP contribution in [0.3, 0.4) is 0 Å². The highest BCUT2D eigenvalue weighted by Crippen LogP contribution is 2.27. The topological polar surface area (TPSA) is 44.1 Å². The number of hydrogen-bond donors (Lipinski definition) is 0. The molecule has 0 N–H and O–H groups in total. The molecule has 0 saturated carbocycles. The van der Waals surface area contributed by atoms with Crippen molar-refractivity contribution in [2.24, 2.45) is 13.0 Å². The molecule has 98 valence electrons. The zero-order chi connectivity index (χ0) is 13.2. The molecule has 1 unspecified atom stereocenters. The largest absolute Gasteiger partial charge is 0.493 e. The minimum Gasteiger partial charge on any atom is -0.493 e. The Morgan fingerprint density at radius 3 is 3.05 bits per heavy atom. The van der Waals surface area contributed by atoms with E-state index in [0.29, 0.717) is 13.0 Å². The molecule has 4 nitrogen and oxygen atoms in total. The SMILES string of the molecule is Cn1ccc(CC(=O)C2COc3ccccc3C2)n1. The fourth-order valence-corrected chi connectivity index (χ4v) is 2.42. The Labute approximate surface area is 112 Å². The summed E-state index contributed by atoms with van der Waals surface area (Å²) in [6, 6.07) is 9.79. The Bertz CT molecular complexity index is 604. The minimum atomic E-state index is -0.0584. The Balaban J connectivity index is 1.69. The van der Waals surface area contributed by atoms with Crippen molar-refractivity contribution >= 4 is 5.78 Å². The van der Waals surface area contributed by atoms with Crippen LogP contribution in [0.15, 0.2) is 36.5 Å². The predicted octanol–water partition coefficient (Wildman–Crippen LogP) is 1.78. The highest BCUT2D eigenvalue weighted by Gasteiger charge is 2.25. The summed E-state index contributed by atoms with van der Waals surface area (Å²) < 4.78 is 7.37. The van der Waals surface area contributed by atoms with Crippen LogP contribution in [0.5, 0.6) is 5.75 Å². The van der Waals surface area contributed by atoms with Crippen molar-refractivity contribution in [1.82, 2.24) is 9.78 Å². The Morgan fingerprint density at radius 2 is 2.26 bits per heavy atom. The van der Waals surface area contributed by atoms with Crippen LogP contribution in [-0.4, -0.2) is 22.2 Å². The molecule has 0 aliphatic carbocycles. The first kappa shape index (κ1) is 12.0. The minimum absolute atomic E-state index is 0.0584. The summed E-state index contributed by atoms with van der Waals surface area (Å²) >= 11 is 0. The number of benzene rings is 1. The van der Waals surface area contributed by atoms with E-state index >= 15 is 0 Å². The lowest BCUT2D eigenvalue weighted by molar-refractivity contribution is -0.123. The third-order valence-electron chi connectivity index (χ3n) is 3.46. The molecule has 2 heterocycles. The van der Waals surface area contributed by atoms with Crippen molar-refractivity contribution < 1.29 is 9.53 Å². The lowest BCUT2D eigenvalue weighted by atomic mass is 9.91. The lowest BCUT2D eigenvalue weighted by Crippen LogP contribution is -2.29. The van der Waals surface area contributed by atoms with Crippen LogP contribution in [-0.2, 0) is 24.7 Å². The lowest BCUT2D eigenvalue weighted by Gasteiger charge is -2.24. The number of aromatic nitrogens is 2. The number of aryl methyl sites for hydroxylation is 1. The van der Waals surface area contributed by atoms with Gasteiger partial charge in [0.25, 0.3) is 0 Å². The normalized spacial score (nSPS) is 17.6. The standard InChI is InChI=1S/C15H16N2O2/c1-17-7-6-13(16-17)9-14(18)12-8-11-4-2-3-5-15(11)19-10-12/h2-7,12H,8-10H2,1H3. The first-order valence-electron chi connectivity index (χ1n) is 6.44. The number of para-hydroxylation sites is 1. The van der Waals surface area contributed by atoms with E-state index in [1.807, 2.05) is 43.6 Å². The van der Waals surface area contributed by atoms with Gasteiger partial charge in [0, 0.05) is 13.2 Å². The fourth-order valence-electron chi connectivity index (χ4n) is 2.42. The highest BCUT2D eigenvalue weighted by atomic mass is 16.5.